The number of sulfonamides is 1. The second-order valence-electron chi connectivity index (χ2n) is 8.51. The molecule has 6 heteroatoms. The van der Waals surface area contributed by atoms with Gasteiger partial charge in [0, 0.05) is 30.4 Å². The minimum absolute atomic E-state index is 0.235. The molecule has 1 spiro atoms. The van der Waals surface area contributed by atoms with Crippen LogP contribution in [0.3, 0.4) is 0 Å². The maximum Gasteiger partial charge on any atom is 0.261 e. The van der Waals surface area contributed by atoms with Crippen LogP contribution in [0.2, 0.25) is 0 Å². The third-order valence-corrected chi connectivity index (χ3v) is 7.93. The molecule has 1 N–H and O–H groups in total. The van der Waals surface area contributed by atoms with Gasteiger partial charge in [-0.1, -0.05) is 36.4 Å². The summed E-state index contributed by atoms with van der Waals surface area (Å²) in [4.78, 5) is 2.46. The molecule has 3 aromatic rings. The molecule has 0 radical (unpaired) electrons. The second kappa shape index (κ2) is 6.25. The van der Waals surface area contributed by atoms with Crippen molar-refractivity contribution in [3.05, 3.63) is 83.9 Å². The van der Waals surface area contributed by atoms with E-state index in [2.05, 4.69) is 48.7 Å². The number of para-hydroxylation sites is 1. The molecule has 0 saturated carbocycles. The van der Waals surface area contributed by atoms with E-state index in [0.29, 0.717) is 12.1 Å². The van der Waals surface area contributed by atoms with Crippen LogP contribution >= 0.6 is 0 Å². The van der Waals surface area contributed by atoms with Crippen LogP contribution in [-0.4, -0.2) is 21.2 Å². The quantitative estimate of drug-likeness (QED) is 0.676. The topological polar surface area (TPSA) is 58.6 Å². The number of hydrogen-bond acceptors (Lipinski definition) is 4. The Bertz CT molecular complexity index is 1240. The van der Waals surface area contributed by atoms with Gasteiger partial charge < -0.3 is 9.64 Å². The minimum Gasteiger partial charge on any atom is -0.466 e. The molecule has 2 heterocycles. The van der Waals surface area contributed by atoms with Crippen molar-refractivity contribution in [2.24, 2.45) is 0 Å². The molecule has 2 aliphatic heterocycles. The smallest absolute Gasteiger partial charge is 0.261 e. The van der Waals surface area contributed by atoms with Crippen LogP contribution in [-0.2, 0) is 21.9 Å². The van der Waals surface area contributed by atoms with Crippen molar-refractivity contribution < 1.29 is 13.2 Å². The fourth-order valence-corrected chi connectivity index (χ4v) is 5.90. The standard InChI is InChI=1S/C24H24N2O3S/c1-23(2)20-11-7-8-12-21(20)26(3)24(23)16-17-15-18(13-14-22(17)29-24)25-30(27,28)19-9-5-4-6-10-19/h4-15,25H,16H2,1-3H3. The van der Waals surface area contributed by atoms with Crippen LogP contribution in [0, 0.1) is 0 Å². The number of anilines is 2. The van der Waals surface area contributed by atoms with Gasteiger partial charge in [0.05, 0.1) is 10.3 Å². The van der Waals surface area contributed by atoms with E-state index in [-0.39, 0.29) is 10.3 Å². The van der Waals surface area contributed by atoms with Gasteiger partial charge in [-0.2, -0.15) is 0 Å². The number of rotatable bonds is 3. The maximum absolute atomic E-state index is 12.7. The fourth-order valence-electron chi connectivity index (χ4n) is 4.83. The zero-order valence-electron chi connectivity index (χ0n) is 17.2. The van der Waals surface area contributed by atoms with Gasteiger partial charge in [-0.15, -0.1) is 0 Å². The molecule has 0 amide bonds. The Hall–Kier alpha value is -2.99. The molecular formula is C24H24N2O3S. The lowest BCUT2D eigenvalue weighted by Gasteiger charge is -2.42. The average molecular weight is 421 g/mol. The second-order valence-corrected chi connectivity index (χ2v) is 10.2. The summed E-state index contributed by atoms with van der Waals surface area (Å²) in [5.74, 6) is 0.797. The van der Waals surface area contributed by atoms with E-state index in [1.54, 1.807) is 36.4 Å². The predicted molar refractivity (Wildman–Crippen MR) is 119 cm³/mol. The lowest BCUT2D eigenvalue weighted by atomic mass is 9.76. The van der Waals surface area contributed by atoms with E-state index < -0.39 is 15.7 Å². The number of ether oxygens (including phenoxy) is 1. The molecule has 5 rings (SSSR count). The van der Waals surface area contributed by atoms with Crippen molar-refractivity contribution in [3.63, 3.8) is 0 Å². The first-order valence-electron chi connectivity index (χ1n) is 9.98. The lowest BCUT2D eigenvalue weighted by molar-refractivity contribution is 0.0350. The zero-order valence-corrected chi connectivity index (χ0v) is 18.0. The summed E-state index contributed by atoms with van der Waals surface area (Å²) >= 11 is 0. The highest BCUT2D eigenvalue weighted by Gasteiger charge is 2.60. The first-order valence-corrected chi connectivity index (χ1v) is 11.5. The van der Waals surface area contributed by atoms with Gasteiger partial charge in [-0.3, -0.25) is 4.72 Å². The summed E-state index contributed by atoms with van der Waals surface area (Å²) in [5, 5.41) is 0. The van der Waals surface area contributed by atoms with Gasteiger partial charge in [0.1, 0.15) is 5.75 Å². The van der Waals surface area contributed by atoms with Crippen LogP contribution in [0.4, 0.5) is 11.4 Å². The molecule has 1 unspecified atom stereocenters. The number of hydrogen-bond donors (Lipinski definition) is 1. The molecule has 30 heavy (non-hydrogen) atoms. The van der Waals surface area contributed by atoms with E-state index in [9.17, 15) is 8.42 Å². The number of benzene rings is 3. The molecular weight excluding hydrogens is 396 g/mol. The number of fused-ring (bicyclic) bond motifs is 2. The summed E-state index contributed by atoms with van der Waals surface area (Å²) < 4.78 is 34.7. The monoisotopic (exact) mass is 420 g/mol. The van der Waals surface area contributed by atoms with Crippen LogP contribution < -0.4 is 14.4 Å². The van der Waals surface area contributed by atoms with Gasteiger partial charge in [0.25, 0.3) is 10.0 Å². The van der Waals surface area contributed by atoms with Gasteiger partial charge in [-0.05, 0) is 55.8 Å². The van der Waals surface area contributed by atoms with Crippen LogP contribution in [0.5, 0.6) is 5.75 Å². The third-order valence-electron chi connectivity index (χ3n) is 6.53. The van der Waals surface area contributed by atoms with Gasteiger partial charge >= 0.3 is 0 Å². The summed E-state index contributed by atoms with van der Waals surface area (Å²) in [5.41, 5.74) is 3.17. The van der Waals surface area contributed by atoms with Crippen molar-refractivity contribution in [1.29, 1.82) is 0 Å². The lowest BCUT2D eigenvalue weighted by Crippen LogP contribution is -2.58. The van der Waals surface area contributed by atoms with Crippen molar-refractivity contribution in [2.45, 2.75) is 36.3 Å². The Morgan fingerprint density at radius 3 is 2.40 bits per heavy atom. The van der Waals surface area contributed by atoms with Gasteiger partial charge in [0.15, 0.2) is 5.72 Å². The molecule has 2 aliphatic rings. The zero-order chi connectivity index (χ0) is 21.1. The van der Waals surface area contributed by atoms with E-state index >= 15 is 0 Å². The molecule has 0 aromatic heterocycles. The Labute approximate surface area is 177 Å². The number of likely N-dealkylation sites (N-methyl/N-ethyl adjacent to an activating group) is 1. The highest BCUT2D eigenvalue weighted by Crippen LogP contribution is 2.56. The summed E-state index contributed by atoms with van der Waals surface area (Å²) in [6.45, 7) is 4.42. The van der Waals surface area contributed by atoms with E-state index in [0.717, 1.165) is 11.3 Å². The molecule has 154 valence electrons. The molecule has 0 aliphatic carbocycles. The Kier molecular flexibility index (Phi) is 3.96. The van der Waals surface area contributed by atoms with Crippen LogP contribution in [0.25, 0.3) is 0 Å². The summed E-state index contributed by atoms with van der Waals surface area (Å²) in [6.07, 6.45) is 0.668. The third kappa shape index (κ3) is 2.56. The van der Waals surface area contributed by atoms with Crippen LogP contribution in [0.1, 0.15) is 25.0 Å². The summed E-state index contributed by atoms with van der Waals surface area (Å²) in [7, 11) is -1.57. The molecule has 0 saturated heterocycles. The van der Waals surface area contributed by atoms with E-state index in [1.807, 2.05) is 18.2 Å². The minimum atomic E-state index is -3.64. The fraction of sp³-hybridized carbons (Fsp3) is 0.250. The number of nitrogens with one attached hydrogen (secondary N) is 1. The molecule has 1 atom stereocenters. The molecule has 0 fully saturated rings. The van der Waals surface area contributed by atoms with Crippen molar-refractivity contribution in [2.75, 3.05) is 16.7 Å². The SMILES string of the molecule is CN1c2ccccc2C(C)(C)C12Cc1cc(NS(=O)(=O)c3ccccc3)ccc1O2. The molecule has 5 nitrogen and oxygen atoms in total. The highest BCUT2D eigenvalue weighted by molar-refractivity contribution is 7.92. The first kappa shape index (κ1) is 19.0. The summed E-state index contributed by atoms with van der Waals surface area (Å²) in [6, 6.07) is 22.3. The normalized spacial score (nSPS) is 21.2. The Morgan fingerprint density at radius 1 is 0.967 bits per heavy atom. The Balaban J connectivity index is 1.48. The van der Waals surface area contributed by atoms with Crippen LogP contribution in [0.15, 0.2) is 77.7 Å². The van der Waals surface area contributed by atoms with Crippen molar-refractivity contribution in [3.8, 4) is 5.75 Å². The number of nitrogens with zero attached hydrogens (tertiary/aromatic N) is 1. The molecule has 0 bridgehead atoms. The Morgan fingerprint density at radius 2 is 1.67 bits per heavy atom. The largest absolute Gasteiger partial charge is 0.466 e. The van der Waals surface area contributed by atoms with E-state index in [1.165, 1.54) is 11.3 Å². The van der Waals surface area contributed by atoms with E-state index in [4.69, 9.17) is 4.74 Å². The van der Waals surface area contributed by atoms with Gasteiger partial charge in [-0.25, -0.2) is 8.42 Å². The average Bonchev–Trinajstić information content (AvgIpc) is 3.20. The first-order chi connectivity index (χ1) is 14.2. The highest BCUT2D eigenvalue weighted by atomic mass is 32.2. The van der Waals surface area contributed by atoms with Crippen molar-refractivity contribution in [1.82, 2.24) is 0 Å². The van der Waals surface area contributed by atoms with Gasteiger partial charge in [0.2, 0.25) is 0 Å². The van der Waals surface area contributed by atoms with Crippen molar-refractivity contribution >= 4 is 21.4 Å². The molecule has 3 aromatic carbocycles. The maximum atomic E-state index is 12.7. The predicted octanol–water partition coefficient (Wildman–Crippen LogP) is 4.55.